The lowest BCUT2D eigenvalue weighted by Crippen LogP contribution is -2.32. The molecule has 2 aromatic rings. The second-order valence-electron chi connectivity index (χ2n) is 5.05. The van der Waals surface area contributed by atoms with E-state index < -0.39 is 0 Å². The Morgan fingerprint density at radius 1 is 1.20 bits per heavy atom. The van der Waals surface area contributed by atoms with Crippen LogP contribution in [-0.4, -0.2) is 44.8 Å². The van der Waals surface area contributed by atoms with Gasteiger partial charge in [-0.1, -0.05) is 42.1 Å². The maximum absolute atomic E-state index is 12.9. The van der Waals surface area contributed by atoms with Gasteiger partial charge in [-0.3, -0.25) is 9.89 Å². The number of aromatic nitrogens is 3. The number of nitrogens with one attached hydrogen (secondary N) is 1. The summed E-state index contributed by atoms with van der Waals surface area (Å²) < 4.78 is 12.9. The second kappa shape index (κ2) is 9.58. The molecule has 1 aromatic carbocycles. The van der Waals surface area contributed by atoms with Crippen molar-refractivity contribution in [2.24, 2.45) is 0 Å². The van der Waals surface area contributed by atoms with Gasteiger partial charge in [-0.25, -0.2) is 9.37 Å². The average molecular weight is 358 g/mol. The van der Waals surface area contributed by atoms with Gasteiger partial charge in [0, 0.05) is 13.1 Å². The van der Waals surface area contributed by atoms with Crippen molar-refractivity contribution >= 4 is 29.8 Å². The van der Waals surface area contributed by atoms with Gasteiger partial charge < -0.3 is 4.90 Å². The summed E-state index contributed by atoms with van der Waals surface area (Å²) in [6.45, 7) is 8.24. The number of rotatable bonds is 9. The Kier molecular flexibility index (Phi) is 7.16. The largest absolute Gasteiger partial charge is 0.335 e. The molecule has 0 spiro atoms. The highest BCUT2D eigenvalue weighted by atomic mass is 32.2. The van der Waals surface area contributed by atoms with Crippen LogP contribution in [0.2, 0.25) is 0 Å². The molecule has 0 aliphatic carbocycles. The summed E-state index contributed by atoms with van der Waals surface area (Å²) in [4.78, 5) is 18.1. The van der Waals surface area contributed by atoms with Crippen LogP contribution >= 0.6 is 11.8 Å². The SMILES string of the molecule is C=CCN(CC=C)C(=O)CSc1n[nH]c(/C=C/c2ccc(F)cc2)n1. The molecule has 0 saturated carbocycles. The lowest BCUT2D eigenvalue weighted by Gasteiger charge is -2.18. The summed E-state index contributed by atoms with van der Waals surface area (Å²) in [5.74, 6) is 0.495. The van der Waals surface area contributed by atoms with E-state index in [0.717, 1.165) is 5.56 Å². The molecule has 0 aliphatic rings. The third-order valence-corrected chi connectivity index (χ3v) is 3.99. The van der Waals surface area contributed by atoms with Crippen molar-refractivity contribution in [3.05, 3.63) is 66.8 Å². The van der Waals surface area contributed by atoms with E-state index in [1.54, 1.807) is 41.3 Å². The van der Waals surface area contributed by atoms with Crippen molar-refractivity contribution in [3.63, 3.8) is 0 Å². The minimum atomic E-state index is -0.276. The summed E-state index contributed by atoms with van der Waals surface area (Å²) in [7, 11) is 0. The summed E-state index contributed by atoms with van der Waals surface area (Å²) in [6.07, 6.45) is 6.90. The maximum atomic E-state index is 12.9. The third kappa shape index (κ3) is 6.04. The number of hydrogen-bond donors (Lipinski definition) is 1. The molecule has 1 amide bonds. The number of halogens is 1. The monoisotopic (exact) mass is 358 g/mol. The minimum Gasteiger partial charge on any atom is -0.335 e. The molecule has 0 radical (unpaired) electrons. The molecule has 25 heavy (non-hydrogen) atoms. The first-order chi connectivity index (χ1) is 12.1. The number of hydrogen-bond acceptors (Lipinski definition) is 4. The zero-order valence-electron chi connectivity index (χ0n) is 13.7. The van der Waals surface area contributed by atoms with E-state index in [9.17, 15) is 9.18 Å². The second-order valence-corrected chi connectivity index (χ2v) is 6.00. The number of nitrogens with zero attached hydrogens (tertiary/aromatic N) is 3. The van der Waals surface area contributed by atoms with Crippen molar-refractivity contribution in [1.82, 2.24) is 20.1 Å². The van der Waals surface area contributed by atoms with Gasteiger partial charge in [-0.05, 0) is 23.8 Å². The summed E-state index contributed by atoms with van der Waals surface area (Å²) >= 11 is 1.26. The topological polar surface area (TPSA) is 61.9 Å². The molecule has 5 nitrogen and oxygen atoms in total. The van der Waals surface area contributed by atoms with Crippen molar-refractivity contribution in [2.45, 2.75) is 5.16 Å². The average Bonchev–Trinajstić information content (AvgIpc) is 3.07. The van der Waals surface area contributed by atoms with Gasteiger partial charge in [0.15, 0.2) is 0 Å². The van der Waals surface area contributed by atoms with Crippen LogP contribution < -0.4 is 0 Å². The Morgan fingerprint density at radius 3 is 2.52 bits per heavy atom. The molecule has 2 rings (SSSR count). The summed E-state index contributed by atoms with van der Waals surface area (Å²) in [5.41, 5.74) is 0.853. The first-order valence-electron chi connectivity index (χ1n) is 7.60. The molecule has 0 saturated heterocycles. The van der Waals surface area contributed by atoms with E-state index in [2.05, 4.69) is 28.3 Å². The molecule has 1 N–H and O–H groups in total. The zero-order chi connectivity index (χ0) is 18.1. The molecule has 0 atom stereocenters. The highest BCUT2D eigenvalue weighted by Crippen LogP contribution is 2.14. The normalized spacial score (nSPS) is 10.8. The molecule has 0 aliphatic heterocycles. The Morgan fingerprint density at radius 2 is 1.88 bits per heavy atom. The molecular weight excluding hydrogens is 339 g/mol. The molecule has 130 valence electrons. The molecule has 7 heteroatoms. The third-order valence-electron chi connectivity index (χ3n) is 3.16. The van der Waals surface area contributed by atoms with Gasteiger partial charge in [-0.2, -0.15) is 0 Å². The maximum Gasteiger partial charge on any atom is 0.233 e. The highest BCUT2D eigenvalue weighted by Gasteiger charge is 2.12. The summed E-state index contributed by atoms with van der Waals surface area (Å²) in [6, 6.07) is 6.13. The quantitative estimate of drug-likeness (QED) is 0.551. The van der Waals surface area contributed by atoms with Gasteiger partial charge in [-0.15, -0.1) is 18.3 Å². The lowest BCUT2D eigenvalue weighted by atomic mass is 10.2. The van der Waals surface area contributed by atoms with Crippen LogP contribution in [0.15, 0.2) is 54.7 Å². The molecule has 1 heterocycles. The van der Waals surface area contributed by atoms with Crippen LogP contribution in [-0.2, 0) is 4.79 Å². The van der Waals surface area contributed by atoms with Crippen molar-refractivity contribution in [1.29, 1.82) is 0 Å². The van der Waals surface area contributed by atoms with Gasteiger partial charge in [0.2, 0.25) is 11.1 Å². The number of thioether (sulfide) groups is 1. The van der Waals surface area contributed by atoms with Crippen LogP contribution in [0.4, 0.5) is 4.39 Å². The predicted octanol–water partition coefficient (Wildman–Crippen LogP) is 3.41. The van der Waals surface area contributed by atoms with Gasteiger partial charge >= 0.3 is 0 Å². The van der Waals surface area contributed by atoms with E-state index in [0.29, 0.717) is 24.1 Å². The first-order valence-corrected chi connectivity index (χ1v) is 8.59. The fourth-order valence-corrected chi connectivity index (χ4v) is 2.66. The number of H-pyrrole nitrogens is 1. The lowest BCUT2D eigenvalue weighted by molar-refractivity contribution is -0.127. The van der Waals surface area contributed by atoms with Crippen molar-refractivity contribution < 1.29 is 9.18 Å². The predicted molar refractivity (Wildman–Crippen MR) is 99.4 cm³/mol. The minimum absolute atomic E-state index is 0.0296. The van der Waals surface area contributed by atoms with E-state index in [-0.39, 0.29) is 17.5 Å². The fraction of sp³-hybridized carbons (Fsp3) is 0.167. The van der Waals surface area contributed by atoms with Crippen molar-refractivity contribution in [3.8, 4) is 0 Å². The zero-order valence-corrected chi connectivity index (χ0v) is 14.5. The van der Waals surface area contributed by atoms with Crippen LogP contribution in [0.1, 0.15) is 11.4 Å². The van der Waals surface area contributed by atoms with Crippen LogP contribution in [0.25, 0.3) is 12.2 Å². The molecule has 0 unspecified atom stereocenters. The number of aromatic amines is 1. The van der Waals surface area contributed by atoms with Crippen molar-refractivity contribution in [2.75, 3.05) is 18.8 Å². The Balaban J connectivity index is 1.90. The molecule has 1 aromatic heterocycles. The van der Waals surface area contributed by atoms with Crippen LogP contribution in [0.5, 0.6) is 0 Å². The van der Waals surface area contributed by atoms with Gasteiger partial charge in [0.1, 0.15) is 11.6 Å². The van der Waals surface area contributed by atoms with Crippen LogP contribution in [0, 0.1) is 5.82 Å². The molecular formula is C18H19FN4OS. The number of carbonyl (C=O) groups excluding carboxylic acids is 1. The van der Waals surface area contributed by atoms with Gasteiger partial charge in [0.25, 0.3) is 0 Å². The van der Waals surface area contributed by atoms with E-state index >= 15 is 0 Å². The van der Waals surface area contributed by atoms with E-state index in [1.807, 2.05) is 0 Å². The van der Waals surface area contributed by atoms with E-state index in [4.69, 9.17) is 0 Å². The van der Waals surface area contributed by atoms with Gasteiger partial charge in [0.05, 0.1) is 5.75 Å². The van der Waals surface area contributed by atoms with Crippen LogP contribution in [0.3, 0.4) is 0 Å². The smallest absolute Gasteiger partial charge is 0.233 e. The number of benzene rings is 1. The molecule has 0 fully saturated rings. The standard InChI is InChI=1S/C18H19FN4OS/c1-3-11-23(12-4-2)17(24)13-25-18-20-16(21-22-18)10-7-14-5-8-15(19)9-6-14/h3-10H,1-2,11-13H2,(H,20,21,22)/b10-7+. The summed E-state index contributed by atoms with van der Waals surface area (Å²) in [5, 5.41) is 7.35. The Bertz CT molecular complexity index is 745. The Hall–Kier alpha value is -2.67. The van der Waals surface area contributed by atoms with E-state index in [1.165, 1.54) is 23.9 Å². The number of carbonyl (C=O) groups is 1. The first kappa shape index (κ1) is 18.7. The fourth-order valence-electron chi connectivity index (χ4n) is 1.95. The Labute approximate surface area is 150 Å². The highest BCUT2D eigenvalue weighted by molar-refractivity contribution is 7.99. The number of amides is 1. The molecule has 0 bridgehead atoms.